The van der Waals surface area contributed by atoms with Gasteiger partial charge in [0.05, 0.1) is 19.1 Å². The minimum atomic E-state index is -3.23. The Morgan fingerprint density at radius 2 is 2.00 bits per heavy atom. The van der Waals surface area contributed by atoms with Crippen LogP contribution in [0.25, 0.3) is 0 Å². The van der Waals surface area contributed by atoms with Crippen LogP contribution >= 0.6 is 0 Å². The van der Waals surface area contributed by atoms with Gasteiger partial charge in [0, 0.05) is 24.6 Å². The molecule has 1 saturated carbocycles. The van der Waals surface area contributed by atoms with Crippen LogP contribution < -0.4 is 9.47 Å². The Balaban J connectivity index is 1.58. The van der Waals surface area contributed by atoms with Gasteiger partial charge in [-0.3, -0.25) is 4.90 Å². The highest BCUT2D eigenvalue weighted by molar-refractivity contribution is 5.66. The van der Waals surface area contributed by atoms with E-state index in [9.17, 15) is 13.6 Å². The van der Waals surface area contributed by atoms with Crippen molar-refractivity contribution in [3.05, 3.63) is 23.3 Å². The number of ether oxygens (including phenoxy) is 4. The maximum absolute atomic E-state index is 14.9. The number of morpholine rings is 1. The largest absolute Gasteiger partial charge is 0.515 e. The van der Waals surface area contributed by atoms with Gasteiger partial charge in [-0.1, -0.05) is 33.1 Å². The van der Waals surface area contributed by atoms with E-state index in [-0.39, 0.29) is 12.5 Å². The lowest BCUT2D eigenvalue weighted by atomic mass is 9.69. The Bertz CT molecular complexity index is 827. The molecule has 0 radical (unpaired) electrons. The molecular formula is C25H35F2NO5. The summed E-state index contributed by atoms with van der Waals surface area (Å²) in [5.41, 5.74) is 1.41. The Hall–Kier alpha value is -1.93. The van der Waals surface area contributed by atoms with Crippen molar-refractivity contribution in [2.75, 3.05) is 33.0 Å². The van der Waals surface area contributed by atoms with Crippen LogP contribution in [-0.2, 0) is 15.9 Å². The van der Waals surface area contributed by atoms with Crippen molar-refractivity contribution < 1.29 is 32.5 Å². The topological polar surface area (TPSA) is 57.2 Å². The monoisotopic (exact) mass is 467 g/mol. The summed E-state index contributed by atoms with van der Waals surface area (Å²) < 4.78 is 51.4. The second-order valence-corrected chi connectivity index (χ2v) is 9.61. The van der Waals surface area contributed by atoms with Crippen molar-refractivity contribution >= 4 is 6.16 Å². The molecular weight excluding hydrogens is 432 g/mol. The van der Waals surface area contributed by atoms with Crippen molar-refractivity contribution in [1.29, 1.82) is 0 Å². The first-order valence-electron chi connectivity index (χ1n) is 12.3. The van der Waals surface area contributed by atoms with E-state index in [2.05, 4.69) is 13.8 Å². The first-order valence-corrected chi connectivity index (χ1v) is 12.3. The first-order chi connectivity index (χ1) is 15.9. The van der Waals surface area contributed by atoms with E-state index in [1.807, 2.05) is 11.0 Å². The number of hydrogen-bond acceptors (Lipinski definition) is 6. The van der Waals surface area contributed by atoms with E-state index < -0.39 is 24.1 Å². The predicted octanol–water partition coefficient (Wildman–Crippen LogP) is 5.73. The van der Waals surface area contributed by atoms with E-state index >= 15 is 0 Å². The third kappa shape index (κ3) is 5.77. The first kappa shape index (κ1) is 24.2. The van der Waals surface area contributed by atoms with Crippen molar-refractivity contribution in [1.82, 2.24) is 4.90 Å². The van der Waals surface area contributed by atoms with Crippen molar-refractivity contribution in [2.24, 2.45) is 11.8 Å². The van der Waals surface area contributed by atoms with Gasteiger partial charge >= 0.3 is 12.3 Å². The molecule has 1 aliphatic carbocycles. The molecule has 1 aromatic carbocycles. The van der Waals surface area contributed by atoms with E-state index in [0.717, 1.165) is 31.2 Å². The minimum absolute atomic E-state index is 0.109. The van der Waals surface area contributed by atoms with Crippen LogP contribution in [-0.4, -0.2) is 50.2 Å². The summed E-state index contributed by atoms with van der Waals surface area (Å²) in [6, 6.07) is 3.52. The highest BCUT2D eigenvalue weighted by atomic mass is 19.3. The molecule has 4 rings (SSSR count). The number of aryl methyl sites for hydroxylation is 1. The molecule has 2 fully saturated rings. The van der Waals surface area contributed by atoms with Crippen LogP contribution in [0.15, 0.2) is 12.1 Å². The summed E-state index contributed by atoms with van der Waals surface area (Å²) in [5.74, 6) is -0.581. The number of carbonyl (C=O) groups is 1. The molecule has 8 heteroatoms. The molecule has 2 aliphatic heterocycles. The summed E-state index contributed by atoms with van der Waals surface area (Å²) in [7, 11) is 0. The summed E-state index contributed by atoms with van der Waals surface area (Å²) in [6.45, 7) is 6.86. The number of alkyl halides is 2. The number of nitrogens with zero attached hydrogens (tertiary/aromatic N) is 1. The predicted molar refractivity (Wildman–Crippen MR) is 119 cm³/mol. The number of carbonyl (C=O) groups excluding carboxylic acids is 1. The second-order valence-electron chi connectivity index (χ2n) is 9.61. The fourth-order valence-electron chi connectivity index (χ4n) is 5.23. The van der Waals surface area contributed by atoms with Crippen LogP contribution in [0.2, 0.25) is 0 Å². The summed E-state index contributed by atoms with van der Waals surface area (Å²) >= 11 is 0. The molecule has 6 nitrogen and oxygen atoms in total. The van der Waals surface area contributed by atoms with Gasteiger partial charge in [-0.2, -0.15) is 8.78 Å². The number of halogens is 2. The van der Waals surface area contributed by atoms with Gasteiger partial charge in [0.2, 0.25) is 0 Å². The quantitative estimate of drug-likeness (QED) is 0.290. The number of fused-ring (bicyclic) bond motifs is 3. The zero-order valence-corrected chi connectivity index (χ0v) is 19.6. The van der Waals surface area contributed by atoms with E-state index in [1.54, 1.807) is 6.07 Å². The molecule has 184 valence electrons. The third-order valence-electron chi connectivity index (χ3n) is 7.06. The van der Waals surface area contributed by atoms with Crippen LogP contribution in [0.3, 0.4) is 0 Å². The third-order valence-corrected chi connectivity index (χ3v) is 7.06. The van der Waals surface area contributed by atoms with Gasteiger partial charge in [0.25, 0.3) is 0 Å². The second kappa shape index (κ2) is 10.6. The Morgan fingerprint density at radius 3 is 2.76 bits per heavy atom. The molecule has 3 aliphatic rings. The zero-order chi connectivity index (χ0) is 23.4. The molecule has 3 unspecified atom stereocenters. The minimum Gasteiger partial charge on any atom is -0.432 e. The SMILES string of the molecule is CCCCCc1cc(OC(=O)OCN2CCOCC2)c2c(c1)OC(F)(F)C1CCC(C)CC21. The van der Waals surface area contributed by atoms with Crippen LogP contribution in [0.1, 0.15) is 69.4 Å². The van der Waals surface area contributed by atoms with Crippen molar-refractivity contribution in [2.45, 2.75) is 70.8 Å². The molecule has 0 spiro atoms. The standard InChI is InChI=1S/C25H35F2NO5/c1-3-4-5-6-18-14-21(32-24(29)31-16-28-9-11-30-12-10-28)23-19-13-17(2)7-8-20(19)25(26,27)33-22(23)15-18/h14-15,17,19-20H,3-13,16H2,1-2H3. The molecule has 3 atom stereocenters. The lowest BCUT2D eigenvalue weighted by Gasteiger charge is -2.43. The number of unbranched alkanes of at least 4 members (excludes halogenated alkanes) is 2. The highest BCUT2D eigenvalue weighted by Crippen LogP contribution is 2.56. The van der Waals surface area contributed by atoms with Crippen LogP contribution in [0.4, 0.5) is 13.6 Å². The summed E-state index contributed by atoms with van der Waals surface area (Å²) in [4.78, 5) is 14.5. The van der Waals surface area contributed by atoms with Gasteiger partial charge in [0.15, 0.2) is 0 Å². The fourth-order valence-corrected chi connectivity index (χ4v) is 5.23. The smallest absolute Gasteiger partial charge is 0.432 e. The molecule has 33 heavy (non-hydrogen) atoms. The molecule has 1 aromatic rings. The Morgan fingerprint density at radius 1 is 1.21 bits per heavy atom. The van der Waals surface area contributed by atoms with Crippen LogP contribution in [0, 0.1) is 11.8 Å². The molecule has 0 aromatic heterocycles. The maximum atomic E-state index is 14.9. The van der Waals surface area contributed by atoms with Gasteiger partial charge in [0.1, 0.15) is 18.2 Å². The van der Waals surface area contributed by atoms with Crippen LogP contribution in [0.5, 0.6) is 11.5 Å². The highest BCUT2D eigenvalue weighted by Gasteiger charge is 2.54. The molecule has 0 amide bonds. The molecule has 0 N–H and O–H groups in total. The van der Waals surface area contributed by atoms with E-state index in [0.29, 0.717) is 62.8 Å². The number of benzene rings is 1. The Kier molecular flexibility index (Phi) is 7.74. The van der Waals surface area contributed by atoms with Crippen molar-refractivity contribution in [3.8, 4) is 11.5 Å². The van der Waals surface area contributed by atoms with E-state index in [4.69, 9.17) is 18.9 Å². The average molecular weight is 468 g/mol. The Labute approximate surface area is 194 Å². The molecule has 0 bridgehead atoms. The molecule has 2 heterocycles. The number of hydrogen-bond donors (Lipinski definition) is 0. The lowest BCUT2D eigenvalue weighted by Crippen LogP contribution is -2.45. The van der Waals surface area contributed by atoms with E-state index in [1.165, 1.54) is 0 Å². The normalized spacial score (nSPS) is 26.6. The fraction of sp³-hybridized carbons (Fsp3) is 0.720. The van der Waals surface area contributed by atoms with Gasteiger partial charge in [-0.25, -0.2) is 4.79 Å². The summed E-state index contributed by atoms with van der Waals surface area (Å²) in [6.07, 6.45) is 1.41. The van der Waals surface area contributed by atoms with Gasteiger partial charge in [-0.15, -0.1) is 0 Å². The van der Waals surface area contributed by atoms with Crippen molar-refractivity contribution in [3.63, 3.8) is 0 Å². The van der Waals surface area contributed by atoms with Gasteiger partial charge < -0.3 is 18.9 Å². The van der Waals surface area contributed by atoms with Gasteiger partial charge in [-0.05, 0) is 49.3 Å². The maximum Gasteiger partial charge on any atom is 0.515 e. The summed E-state index contributed by atoms with van der Waals surface area (Å²) in [5, 5.41) is 0. The number of rotatable bonds is 7. The molecule has 1 saturated heterocycles. The average Bonchev–Trinajstić information content (AvgIpc) is 2.77. The zero-order valence-electron chi connectivity index (χ0n) is 19.6. The lowest BCUT2D eigenvalue weighted by molar-refractivity contribution is -0.237.